The number of hydrogen-bond acceptors (Lipinski definition) is 4. The van der Waals surface area contributed by atoms with Crippen molar-refractivity contribution >= 4 is 18.6 Å². The first-order valence-electron chi connectivity index (χ1n) is 5.03. The fourth-order valence-corrected chi connectivity index (χ4v) is 2.32. The van der Waals surface area contributed by atoms with Gasteiger partial charge in [0.05, 0.1) is 22.7 Å². The van der Waals surface area contributed by atoms with Crippen LogP contribution in [0.1, 0.15) is 5.56 Å². The van der Waals surface area contributed by atoms with Crippen molar-refractivity contribution in [3.63, 3.8) is 0 Å². The summed E-state index contributed by atoms with van der Waals surface area (Å²) in [4.78, 5) is 43.2. The van der Waals surface area contributed by atoms with Crippen molar-refractivity contribution in [1.29, 1.82) is 5.26 Å². The minimum Gasteiger partial charge on any atom is -0.323 e. The van der Waals surface area contributed by atoms with E-state index in [9.17, 15) is 14.2 Å². The van der Waals surface area contributed by atoms with Gasteiger partial charge in [-0.05, 0) is 18.2 Å². The Kier molecular flexibility index (Phi) is 3.12. The Bertz CT molecular complexity index is 854. The highest BCUT2D eigenvalue weighted by Gasteiger charge is 2.18. The van der Waals surface area contributed by atoms with Crippen molar-refractivity contribution in [3.05, 3.63) is 44.5 Å². The molecule has 0 bridgehead atoms. The summed E-state index contributed by atoms with van der Waals surface area (Å²) in [5, 5.41) is 8.74. The van der Waals surface area contributed by atoms with E-state index >= 15 is 0 Å². The number of nitrogens with one attached hydrogen (secondary N) is 1. The van der Waals surface area contributed by atoms with Gasteiger partial charge in [-0.1, -0.05) is 0 Å². The summed E-state index contributed by atoms with van der Waals surface area (Å²) in [5.74, 6) is 0. The fraction of sp³-hybridized carbons (Fsp3) is 0.100. The third-order valence-corrected chi connectivity index (χ3v) is 3.08. The Morgan fingerprint density at radius 1 is 1.37 bits per heavy atom. The second kappa shape index (κ2) is 4.48. The standard InChI is InChI=1S/C10H8N3O5P/c11-4-6-1-2-8-7(3-6)12-9(14)10(15)13(8)5-19(16,17)18/h1-3H,5H2,(H,12,14)(H2,16,17,18). The molecule has 0 aliphatic heterocycles. The van der Waals surface area contributed by atoms with Crippen LogP contribution in [0.5, 0.6) is 0 Å². The maximum absolute atomic E-state index is 11.6. The molecule has 0 fully saturated rings. The lowest BCUT2D eigenvalue weighted by Gasteiger charge is -2.10. The highest BCUT2D eigenvalue weighted by Crippen LogP contribution is 2.36. The maximum atomic E-state index is 11.6. The van der Waals surface area contributed by atoms with Gasteiger partial charge in [-0.25, -0.2) is 0 Å². The summed E-state index contributed by atoms with van der Waals surface area (Å²) in [5.41, 5.74) is -1.50. The topological polar surface area (TPSA) is 136 Å². The van der Waals surface area contributed by atoms with Crippen LogP contribution in [0.25, 0.3) is 11.0 Å². The van der Waals surface area contributed by atoms with Crippen LogP contribution < -0.4 is 11.1 Å². The van der Waals surface area contributed by atoms with Crippen molar-refractivity contribution < 1.29 is 14.4 Å². The van der Waals surface area contributed by atoms with E-state index in [1.807, 2.05) is 6.07 Å². The predicted molar refractivity (Wildman–Crippen MR) is 65.6 cm³/mol. The molecule has 0 saturated carbocycles. The Balaban J connectivity index is 2.85. The smallest absolute Gasteiger partial charge is 0.323 e. The maximum Gasteiger partial charge on any atom is 0.345 e. The third-order valence-electron chi connectivity index (χ3n) is 2.43. The molecule has 0 unspecified atom stereocenters. The lowest BCUT2D eigenvalue weighted by molar-refractivity contribution is 0.362. The molecule has 3 N–H and O–H groups in total. The van der Waals surface area contributed by atoms with Crippen molar-refractivity contribution in [3.8, 4) is 6.07 Å². The van der Waals surface area contributed by atoms with Crippen LogP contribution in [0.2, 0.25) is 0 Å². The van der Waals surface area contributed by atoms with E-state index in [-0.39, 0.29) is 16.6 Å². The van der Waals surface area contributed by atoms with Crippen LogP contribution in [-0.4, -0.2) is 19.3 Å². The van der Waals surface area contributed by atoms with Crippen LogP contribution in [0.3, 0.4) is 0 Å². The van der Waals surface area contributed by atoms with E-state index in [1.165, 1.54) is 18.2 Å². The van der Waals surface area contributed by atoms with Gasteiger partial charge in [0.2, 0.25) is 0 Å². The number of fused-ring (bicyclic) bond motifs is 1. The molecule has 2 rings (SSSR count). The van der Waals surface area contributed by atoms with E-state index in [4.69, 9.17) is 15.0 Å². The normalized spacial score (nSPS) is 11.4. The molecule has 0 saturated heterocycles. The van der Waals surface area contributed by atoms with Crippen LogP contribution >= 0.6 is 7.60 Å². The van der Waals surface area contributed by atoms with Crippen molar-refractivity contribution in [2.45, 2.75) is 6.29 Å². The van der Waals surface area contributed by atoms with E-state index in [2.05, 4.69) is 4.98 Å². The summed E-state index contributed by atoms with van der Waals surface area (Å²) >= 11 is 0. The van der Waals surface area contributed by atoms with Gasteiger partial charge >= 0.3 is 18.7 Å². The molecular weight excluding hydrogens is 273 g/mol. The molecule has 1 heterocycles. The quantitative estimate of drug-likeness (QED) is 0.510. The van der Waals surface area contributed by atoms with Gasteiger partial charge in [0, 0.05) is 0 Å². The lowest BCUT2D eigenvalue weighted by atomic mass is 10.2. The second-order valence-corrected chi connectivity index (χ2v) is 5.45. The van der Waals surface area contributed by atoms with Gasteiger partial charge in [0.1, 0.15) is 6.29 Å². The summed E-state index contributed by atoms with van der Waals surface area (Å²) < 4.78 is 11.7. The number of nitriles is 1. The van der Waals surface area contributed by atoms with Crippen LogP contribution in [0.4, 0.5) is 0 Å². The molecule has 0 aliphatic carbocycles. The number of hydrogen-bond donors (Lipinski definition) is 3. The highest BCUT2D eigenvalue weighted by molar-refractivity contribution is 7.50. The molecule has 9 heteroatoms. The van der Waals surface area contributed by atoms with Crippen LogP contribution in [-0.2, 0) is 10.9 Å². The zero-order chi connectivity index (χ0) is 14.2. The Hall–Kier alpha value is -2.20. The average molecular weight is 281 g/mol. The zero-order valence-electron chi connectivity index (χ0n) is 9.40. The molecule has 0 aliphatic rings. The van der Waals surface area contributed by atoms with E-state index < -0.39 is 25.0 Å². The molecule has 1 aromatic carbocycles. The number of aromatic amines is 1. The monoisotopic (exact) mass is 281 g/mol. The molecule has 0 atom stereocenters. The fourth-order valence-electron chi connectivity index (χ4n) is 1.67. The zero-order valence-corrected chi connectivity index (χ0v) is 10.3. The molecular formula is C10H8N3O5P. The largest absolute Gasteiger partial charge is 0.345 e. The first-order chi connectivity index (χ1) is 8.81. The number of rotatable bonds is 2. The molecule has 0 amide bonds. The number of H-pyrrole nitrogens is 1. The van der Waals surface area contributed by atoms with E-state index in [0.717, 1.165) is 0 Å². The summed E-state index contributed by atoms with van der Waals surface area (Å²) in [7, 11) is -4.51. The minimum absolute atomic E-state index is 0.145. The molecule has 2 aromatic rings. The summed E-state index contributed by atoms with van der Waals surface area (Å²) in [6, 6.07) is 5.92. The molecule has 0 radical (unpaired) electrons. The van der Waals surface area contributed by atoms with Crippen molar-refractivity contribution in [1.82, 2.24) is 9.55 Å². The number of aromatic nitrogens is 2. The van der Waals surface area contributed by atoms with E-state index in [0.29, 0.717) is 4.57 Å². The van der Waals surface area contributed by atoms with Gasteiger partial charge < -0.3 is 14.8 Å². The van der Waals surface area contributed by atoms with Gasteiger partial charge in [0.15, 0.2) is 0 Å². The van der Waals surface area contributed by atoms with Crippen molar-refractivity contribution in [2.24, 2.45) is 0 Å². The molecule has 0 spiro atoms. The molecule has 98 valence electrons. The van der Waals surface area contributed by atoms with Gasteiger partial charge in [-0.3, -0.25) is 18.7 Å². The van der Waals surface area contributed by atoms with Gasteiger partial charge in [0.25, 0.3) is 0 Å². The number of nitrogens with zero attached hydrogens (tertiary/aromatic N) is 2. The van der Waals surface area contributed by atoms with Crippen LogP contribution in [0.15, 0.2) is 27.8 Å². The Morgan fingerprint density at radius 2 is 2.05 bits per heavy atom. The minimum atomic E-state index is -4.51. The van der Waals surface area contributed by atoms with Crippen molar-refractivity contribution in [2.75, 3.05) is 0 Å². The van der Waals surface area contributed by atoms with Gasteiger partial charge in [-0.15, -0.1) is 0 Å². The van der Waals surface area contributed by atoms with Gasteiger partial charge in [-0.2, -0.15) is 5.26 Å². The summed E-state index contributed by atoms with van der Waals surface area (Å²) in [6.45, 7) is 0. The Labute approximate surface area is 105 Å². The third kappa shape index (κ3) is 2.63. The Morgan fingerprint density at radius 3 is 2.63 bits per heavy atom. The molecule has 1 aromatic heterocycles. The highest BCUT2D eigenvalue weighted by atomic mass is 31.2. The first-order valence-corrected chi connectivity index (χ1v) is 6.83. The molecule has 8 nitrogen and oxygen atoms in total. The SMILES string of the molecule is N#Cc1ccc2c(c1)[nH]c(=O)c(=O)n2CP(=O)(O)O. The van der Waals surface area contributed by atoms with E-state index in [1.54, 1.807) is 0 Å². The number of benzene rings is 1. The molecule has 19 heavy (non-hydrogen) atoms. The predicted octanol–water partition coefficient (Wildman–Crippen LogP) is -0.303. The average Bonchev–Trinajstić information content (AvgIpc) is 2.33. The second-order valence-electron chi connectivity index (χ2n) is 3.84. The lowest BCUT2D eigenvalue weighted by Crippen LogP contribution is -2.36. The summed E-state index contributed by atoms with van der Waals surface area (Å²) in [6.07, 6.45) is -0.891. The van der Waals surface area contributed by atoms with Crippen LogP contribution in [0, 0.1) is 11.3 Å². The first kappa shape index (κ1) is 13.2.